The summed E-state index contributed by atoms with van der Waals surface area (Å²) < 4.78 is 44.0. The van der Waals surface area contributed by atoms with Crippen LogP contribution in [0.2, 0.25) is 0 Å². The van der Waals surface area contributed by atoms with Crippen LogP contribution in [0.3, 0.4) is 0 Å². The smallest absolute Gasteiger partial charge is 0.361 e. The van der Waals surface area contributed by atoms with E-state index in [1.165, 1.54) is 21.1 Å². The average Bonchev–Trinajstić information content (AvgIpc) is 3.02. The van der Waals surface area contributed by atoms with Gasteiger partial charge in [0.2, 0.25) is 5.28 Å². The first-order valence-corrected chi connectivity index (χ1v) is 17.4. The van der Waals surface area contributed by atoms with Crippen molar-refractivity contribution in [2.24, 2.45) is 17.6 Å². The van der Waals surface area contributed by atoms with Crippen LogP contribution in [0.15, 0.2) is 30.3 Å². The third-order valence-corrected chi connectivity index (χ3v) is 12.7. The Morgan fingerprint density at radius 3 is 1.78 bits per heavy atom. The largest absolute Gasteiger partial charge is 0.459 e. The van der Waals surface area contributed by atoms with Crippen LogP contribution in [0.25, 0.3) is 0 Å². The Morgan fingerprint density at radius 1 is 0.889 bits per heavy atom. The number of ether oxygens (including phenoxy) is 3. The Kier molecular flexibility index (Phi) is 10.1. The summed E-state index contributed by atoms with van der Waals surface area (Å²) >= 11 is 0. The molecule has 1 aromatic rings. The van der Waals surface area contributed by atoms with Gasteiger partial charge in [0, 0.05) is 51.2 Å². The highest BCUT2D eigenvalue weighted by Gasteiger charge is 2.61. The predicted molar refractivity (Wildman–Crippen MR) is 165 cm³/mol. The van der Waals surface area contributed by atoms with Gasteiger partial charge in [0.05, 0.1) is 26.4 Å². The van der Waals surface area contributed by atoms with E-state index < -0.39 is 29.9 Å². The summed E-state index contributed by atoms with van der Waals surface area (Å²) in [6.07, 6.45) is 2.88. The standard InChI is InChI=1S/C32H48N3O9P/c1-22-15-25-11-13-34(22)31(18-40-4,27(25)36)20-43-45(39,30(3,33)29(38)42-17-24-9-7-6-8-10-24)44-21-32(19-41-5)28(37)26-12-14-35(32)23(2)16-26/h6-10,22-23,25-26H,11-21,33H2,1-5H3/t22?,23?,25?,26?,30-,31?,32?,45?/m1/s1. The molecule has 13 heteroatoms. The van der Waals surface area contributed by atoms with Crippen molar-refractivity contribution >= 4 is 25.1 Å². The van der Waals surface area contributed by atoms with Gasteiger partial charge >= 0.3 is 13.6 Å². The zero-order valence-electron chi connectivity index (χ0n) is 27.1. The Balaban J connectivity index is 1.46. The number of benzene rings is 1. The summed E-state index contributed by atoms with van der Waals surface area (Å²) in [5.41, 5.74) is 4.84. The van der Waals surface area contributed by atoms with Crippen LogP contribution in [0.5, 0.6) is 0 Å². The molecule has 6 aliphatic rings. The molecule has 45 heavy (non-hydrogen) atoms. The van der Waals surface area contributed by atoms with Gasteiger partial charge in [0.25, 0.3) is 0 Å². The van der Waals surface area contributed by atoms with Crippen molar-refractivity contribution in [3.8, 4) is 0 Å². The molecule has 0 aliphatic carbocycles. The van der Waals surface area contributed by atoms with Crippen LogP contribution in [0.4, 0.5) is 0 Å². The molecule has 6 fully saturated rings. The van der Waals surface area contributed by atoms with Gasteiger partial charge < -0.3 is 29.0 Å². The second kappa shape index (κ2) is 13.2. The van der Waals surface area contributed by atoms with Gasteiger partial charge in [0.1, 0.15) is 17.7 Å². The average molecular weight is 650 g/mol. The summed E-state index contributed by atoms with van der Waals surface area (Å²) in [4.78, 5) is 45.3. The molecule has 6 aliphatic heterocycles. The number of hydrogen-bond donors (Lipinski definition) is 1. The summed E-state index contributed by atoms with van der Waals surface area (Å²) in [7, 11) is -1.67. The molecule has 6 heterocycles. The number of fused-ring (bicyclic) bond motifs is 6. The van der Waals surface area contributed by atoms with E-state index in [9.17, 15) is 14.4 Å². The molecule has 250 valence electrons. The summed E-state index contributed by atoms with van der Waals surface area (Å²) in [6.45, 7) is 5.80. The fourth-order valence-corrected chi connectivity index (χ4v) is 9.65. The van der Waals surface area contributed by atoms with Gasteiger partial charge in [-0.1, -0.05) is 30.3 Å². The number of nitrogens with zero attached hydrogens (tertiary/aromatic N) is 2. The molecule has 12 nitrogen and oxygen atoms in total. The van der Waals surface area contributed by atoms with Crippen molar-refractivity contribution in [2.75, 3.05) is 53.7 Å². The van der Waals surface area contributed by atoms with Crippen molar-refractivity contribution in [1.29, 1.82) is 0 Å². The summed E-state index contributed by atoms with van der Waals surface area (Å²) in [6, 6.07) is 9.16. The van der Waals surface area contributed by atoms with E-state index in [0.717, 1.165) is 25.7 Å². The number of carbonyl (C=O) groups is 3. The van der Waals surface area contributed by atoms with Gasteiger partial charge in [-0.25, -0.2) is 4.79 Å². The first-order valence-electron chi connectivity index (χ1n) is 15.8. The Morgan fingerprint density at radius 2 is 1.36 bits per heavy atom. The van der Waals surface area contributed by atoms with Crippen LogP contribution in [-0.2, 0) is 48.8 Å². The third-order valence-electron chi connectivity index (χ3n) is 10.4. The van der Waals surface area contributed by atoms with Gasteiger partial charge in [-0.15, -0.1) is 0 Å². The van der Waals surface area contributed by atoms with Crippen molar-refractivity contribution in [1.82, 2.24) is 9.80 Å². The molecule has 1 aromatic carbocycles. The van der Waals surface area contributed by atoms with Crippen LogP contribution in [0.1, 0.15) is 52.0 Å². The maximum Gasteiger partial charge on any atom is 0.361 e. The maximum absolute atomic E-state index is 15.0. The normalized spacial score (nSPS) is 36.8. The topological polar surface area (TPSA) is 147 Å². The van der Waals surface area contributed by atoms with E-state index in [-0.39, 0.29) is 68.5 Å². The molecule has 7 rings (SSSR count). The first kappa shape index (κ1) is 34.3. The number of piperidine rings is 6. The highest BCUT2D eigenvalue weighted by Crippen LogP contribution is 2.60. The fourth-order valence-electron chi connectivity index (χ4n) is 7.98. The predicted octanol–water partition coefficient (Wildman–Crippen LogP) is 2.77. The van der Waals surface area contributed by atoms with Crippen molar-refractivity contribution in [2.45, 2.75) is 81.5 Å². The minimum absolute atomic E-state index is 0.00544. The van der Waals surface area contributed by atoms with Crippen LogP contribution in [0, 0.1) is 11.8 Å². The van der Waals surface area contributed by atoms with E-state index in [1.54, 1.807) is 12.1 Å². The number of esters is 1. The van der Waals surface area contributed by atoms with E-state index in [0.29, 0.717) is 18.7 Å². The molecule has 9 atom stereocenters. The van der Waals surface area contributed by atoms with Crippen LogP contribution >= 0.6 is 7.60 Å². The third kappa shape index (κ3) is 5.97. The van der Waals surface area contributed by atoms with Gasteiger partial charge in [0.15, 0.2) is 11.6 Å². The lowest BCUT2D eigenvalue weighted by atomic mass is 9.71. The first-order chi connectivity index (χ1) is 21.3. The second-order valence-corrected chi connectivity index (χ2v) is 15.9. The number of Topliss-reactive ketones (excluding diaryl/α,β-unsaturated/α-hetero) is 2. The van der Waals surface area contributed by atoms with Crippen LogP contribution in [-0.4, -0.2) is 110 Å². The number of carbonyl (C=O) groups excluding carboxylic acids is 3. The van der Waals surface area contributed by atoms with E-state index >= 15 is 4.57 Å². The fraction of sp³-hybridized carbons (Fsp3) is 0.719. The lowest BCUT2D eigenvalue weighted by molar-refractivity contribution is -0.165. The number of methoxy groups -OCH3 is 2. The van der Waals surface area contributed by atoms with Crippen molar-refractivity contribution < 1.29 is 42.2 Å². The number of nitrogens with two attached hydrogens (primary N) is 1. The summed E-state index contributed by atoms with van der Waals surface area (Å²) in [5, 5.41) is -2.28. The van der Waals surface area contributed by atoms with Gasteiger partial charge in [-0.3, -0.25) is 24.0 Å². The Labute approximate surface area is 265 Å². The van der Waals surface area contributed by atoms with E-state index in [2.05, 4.69) is 0 Å². The molecule has 0 amide bonds. The maximum atomic E-state index is 15.0. The Hall–Kier alpha value is -2.02. The lowest BCUT2D eigenvalue weighted by Gasteiger charge is -2.56. The molecule has 8 unspecified atom stereocenters. The number of rotatable bonds is 14. The quantitative estimate of drug-likeness (QED) is 0.234. The minimum Gasteiger partial charge on any atom is -0.459 e. The molecule has 0 spiro atoms. The zero-order chi connectivity index (χ0) is 32.6. The molecular formula is C32H48N3O9P. The highest BCUT2D eigenvalue weighted by atomic mass is 31.2. The van der Waals surface area contributed by atoms with Gasteiger partial charge in [-0.05, 0) is 52.0 Å². The van der Waals surface area contributed by atoms with E-state index in [4.69, 9.17) is 29.0 Å². The zero-order valence-corrected chi connectivity index (χ0v) is 28.0. The second-order valence-electron chi connectivity index (χ2n) is 13.4. The van der Waals surface area contributed by atoms with Crippen LogP contribution < -0.4 is 5.73 Å². The minimum atomic E-state index is -4.67. The molecular weight excluding hydrogens is 601 g/mol. The monoisotopic (exact) mass is 649 g/mol. The molecule has 0 aromatic heterocycles. The number of hydrogen-bond acceptors (Lipinski definition) is 12. The molecule has 0 saturated carbocycles. The lowest BCUT2D eigenvalue weighted by Crippen LogP contribution is -2.72. The van der Waals surface area contributed by atoms with E-state index in [1.807, 2.05) is 41.8 Å². The SMILES string of the molecule is COCC1(COP(=O)(OCC2(COC)C(=O)C3CCN2C(C)C3)[C@@](C)(N)C(=O)OCc2ccccc2)C(=O)C2CCN1C(C)C2. The molecule has 4 bridgehead atoms. The van der Waals surface area contributed by atoms with Crippen molar-refractivity contribution in [3.63, 3.8) is 0 Å². The summed E-state index contributed by atoms with van der Waals surface area (Å²) in [5.74, 6) is -1.47. The number of ketones is 2. The molecule has 0 radical (unpaired) electrons. The highest BCUT2D eigenvalue weighted by molar-refractivity contribution is 7.56. The molecule has 2 N–H and O–H groups in total. The molecule has 6 saturated heterocycles. The Bertz CT molecular complexity index is 1250. The van der Waals surface area contributed by atoms with Crippen molar-refractivity contribution in [3.05, 3.63) is 35.9 Å². The van der Waals surface area contributed by atoms with Gasteiger partial charge in [-0.2, -0.15) is 0 Å².